The molecular weight excluding hydrogens is 537 g/mol. The van der Waals surface area contributed by atoms with E-state index in [9.17, 15) is 24.7 Å². The molecule has 4 saturated carbocycles. The first-order valence-electron chi connectivity index (χ1n) is 15.0. The zero-order valence-electron chi connectivity index (χ0n) is 25.2. The van der Waals surface area contributed by atoms with Gasteiger partial charge in [0.25, 0.3) is 0 Å². The quantitative estimate of drug-likeness (QED) is 0.173. The number of aliphatic hydroxyl groups excluding tert-OH is 4. The van der Waals surface area contributed by atoms with E-state index in [2.05, 4.69) is 20.8 Å². The zero-order valence-corrected chi connectivity index (χ0v) is 26.1. The Balaban J connectivity index is 0.000000342. The molecule has 0 radical (unpaired) electrons. The van der Waals surface area contributed by atoms with Crippen molar-refractivity contribution in [2.75, 3.05) is 27.7 Å². The van der Waals surface area contributed by atoms with Gasteiger partial charge in [-0.05, 0) is 97.7 Å². The van der Waals surface area contributed by atoms with Crippen molar-refractivity contribution in [2.24, 2.45) is 46.3 Å². The third kappa shape index (κ3) is 6.96. The molecule has 234 valence electrons. The number of carboxylic acids is 1. The Morgan fingerprint density at radius 3 is 2.15 bits per heavy atom. The summed E-state index contributed by atoms with van der Waals surface area (Å²) < 4.78 is 10.8. The molecule has 4 aliphatic carbocycles. The first kappa shape index (κ1) is 33.9. The van der Waals surface area contributed by atoms with Crippen molar-refractivity contribution in [3.05, 3.63) is 0 Å². The summed E-state index contributed by atoms with van der Waals surface area (Å²) in [7, 11) is 0.933. The van der Waals surface area contributed by atoms with Crippen LogP contribution in [0.5, 0.6) is 0 Å². The van der Waals surface area contributed by atoms with Gasteiger partial charge in [0, 0.05) is 6.42 Å². The van der Waals surface area contributed by atoms with Crippen molar-refractivity contribution in [3.8, 4) is 0 Å². The molecule has 4 rings (SSSR count). The van der Waals surface area contributed by atoms with E-state index in [1.807, 2.05) is 0 Å². The molecule has 11 heteroatoms. The van der Waals surface area contributed by atoms with E-state index in [1.54, 1.807) is 21.1 Å². The lowest BCUT2D eigenvalue weighted by Crippen LogP contribution is -2.62. The molecule has 40 heavy (non-hydrogen) atoms. The number of rotatable bonds is 7. The molecule has 0 spiro atoms. The maximum atomic E-state index is 11.5. The van der Waals surface area contributed by atoms with Gasteiger partial charge in [0.2, 0.25) is 5.85 Å². The van der Waals surface area contributed by atoms with Crippen molar-refractivity contribution >= 4 is 13.6 Å². The fraction of sp³-hybridized carbons (Fsp3) is 0.966. The molecule has 10 nitrogen and oxygen atoms in total. The molecule has 0 aromatic carbocycles. The van der Waals surface area contributed by atoms with Gasteiger partial charge in [0.15, 0.2) is 0 Å². The summed E-state index contributed by atoms with van der Waals surface area (Å²) in [6.07, 6.45) is 6.00. The van der Waals surface area contributed by atoms with Crippen LogP contribution in [0.15, 0.2) is 0 Å². The Morgan fingerprint density at radius 2 is 1.62 bits per heavy atom. The molecule has 1 unspecified atom stereocenters. The van der Waals surface area contributed by atoms with Crippen LogP contribution in [0.3, 0.4) is 0 Å². The van der Waals surface area contributed by atoms with E-state index in [0.717, 1.165) is 44.9 Å². The minimum atomic E-state index is -4.31. The van der Waals surface area contributed by atoms with Crippen LogP contribution < -0.4 is 0 Å². The fourth-order valence-corrected chi connectivity index (χ4v) is 9.98. The van der Waals surface area contributed by atoms with Crippen molar-refractivity contribution in [3.63, 3.8) is 0 Å². The van der Waals surface area contributed by atoms with E-state index in [4.69, 9.17) is 20.0 Å². The van der Waals surface area contributed by atoms with Gasteiger partial charge in [-0.1, -0.05) is 20.8 Å². The minimum absolute atomic E-state index is 0.0459. The van der Waals surface area contributed by atoms with Crippen LogP contribution in [-0.2, 0) is 9.36 Å². The largest absolute Gasteiger partial charge is 0.481 e. The number of nitrogens with zero attached hydrogens (tertiary/aromatic N) is 1. The number of carboxylic acid groups (broad SMARTS) is 1. The van der Waals surface area contributed by atoms with Gasteiger partial charge in [-0.3, -0.25) is 9.36 Å². The number of hydrogen-bond acceptors (Lipinski definition) is 6. The summed E-state index contributed by atoms with van der Waals surface area (Å²) in [5, 5.41) is 51.0. The molecule has 7 N–H and O–H groups in total. The molecule has 12 atom stereocenters. The second-order valence-corrected chi connectivity index (χ2v) is 16.8. The summed E-state index contributed by atoms with van der Waals surface area (Å²) >= 11 is 0. The van der Waals surface area contributed by atoms with Crippen LogP contribution in [0.1, 0.15) is 78.6 Å². The van der Waals surface area contributed by atoms with E-state index < -0.39 is 25.5 Å². The van der Waals surface area contributed by atoms with Crippen LogP contribution in [0.25, 0.3) is 0 Å². The first-order valence-corrected chi connectivity index (χ1v) is 16.7. The smallest absolute Gasteiger partial charge is 0.359 e. The lowest BCUT2D eigenvalue weighted by Gasteiger charge is -2.63. The predicted molar refractivity (Wildman–Crippen MR) is 151 cm³/mol. The maximum Gasteiger partial charge on any atom is 0.359 e. The lowest BCUT2D eigenvalue weighted by molar-refractivity contribution is -0.872. The highest BCUT2D eigenvalue weighted by Crippen LogP contribution is 2.68. The highest BCUT2D eigenvalue weighted by Gasteiger charge is 2.65. The minimum Gasteiger partial charge on any atom is -0.481 e. The van der Waals surface area contributed by atoms with Crippen molar-refractivity contribution in [1.29, 1.82) is 0 Å². The molecule has 0 heterocycles. The highest BCUT2D eigenvalue weighted by atomic mass is 31.2. The molecule has 0 saturated heterocycles. The fourth-order valence-electron chi connectivity index (χ4n) is 9.28. The number of aliphatic hydroxyl groups is 4. The molecule has 0 bridgehead atoms. The van der Waals surface area contributed by atoms with Crippen molar-refractivity contribution in [1.82, 2.24) is 0 Å². The zero-order chi connectivity index (χ0) is 30.4. The predicted octanol–water partition coefficient (Wildman–Crippen LogP) is 2.64. The highest BCUT2D eigenvalue weighted by molar-refractivity contribution is 7.52. The SMILES string of the molecule is C[C@H](CCC(=O)O)[C@H]1CC[C@H]2[C@@H]3[C@H](O)C[C@@H]4C[C@H](O)CC[C@]4(C)[C@H]3C[C@H](O)[C@]12C.C[N+](C)(C)CC(O)P(=O)(O)O. The Hall–Kier alpha value is -0.580. The van der Waals surface area contributed by atoms with Crippen LogP contribution in [-0.4, -0.2) is 97.6 Å². The number of fused-ring (bicyclic) bond motifs is 5. The average Bonchev–Trinajstić information content (AvgIpc) is 3.16. The van der Waals surface area contributed by atoms with Gasteiger partial charge in [0.1, 0.15) is 6.54 Å². The lowest BCUT2D eigenvalue weighted by atomic mass is 9.43. The van der Waals surface area contributed by atoms with Gasteiger partial charge >= 0.3 is 13.6 Å². The maximum absolute atomic E-state index is 11.5. The van der Waals surface area contributed by atoms with Crippen LogP contribution in [0.4, 0.5) is 0 Å². The number of quaternary nitrogens is 1. The van der Waals surface area contributed by atoms with Crippen LogP contribution >= 0.6 is 7.60 Å². The van der Waals surface area contributed by atoms with Gasteiger partial charge in [-0.2, -0.15) is 0 Å². The van der Waals surface area contributed by atoms with Crippen molar-refractivity contribution in [2.45, 2.75) is 103 Å². The Bertz CT molecular complexity index is 937. The normalized spacial score (nSPS) is 42.9. The second kappa shape index (κ2) is 12.2. The number of likely N-dealkylation sites (N-methyl/N-ethyl adjacent to an activating group) is 1. The van der Waals surface area contributed by atoms with E-state index in [-0.39, 0.29) is 47.8 Å². The van der Waals surface area contributed by atoms with Gasteiger partial charge < -0.3 is 39.8 Å². The Kier molecular flexibility index (Phi) is 10.3. The third-order valence-electron chi connectivity index (χ3n) is 11.4. The summed E-state index contributed by atoms with van der Waals surface area (Å²) in [5.41, 5.74) is -0.143. The average molecular weight is 593 g/mol. The van der Waals surface area contributed by atoms with Crippen LogP contribution in [0, 0.1) is 46.3 Å². The summed E-state index contributed by atoms with van der Waals surface area (Å²) in [4.78, 5) is 28.1. The summed E-state index contributed by atoms with van der Waals surface area (Å²) in [6, 6.07) is 0. The Morgan fingerprint density at radius 1 is 1.00 bits per heavy atom. The van der Waals surface area contributed by atoms with Gasteiger partial charge in [0.05, 0.1) is 39.5 Å². The summed E-state index contributed by atoms with van der Waals surface area (Å²) in [6.45, 7) is 6.77. The second-order valence-electron chi connectivity index (χ2n) is 15.0. The molecule has 4 aliphatic rings. The van der Waals surface area contributed by atoms with E-state index in [0.29, 0.717) is 34.6 Å². The molecule has 0 aliphatic heterocycles. The van der Waals surface area contributed by atoms with Gasteiger partial charge in [-0.25, -0.2) is 0 Å². The number of carbonyl (C=O) groups is 1. The van der Waals surface area contributed by atoms with E-state index >= 15 is 0 Å². The molecular formula is C29H55NO9P+. The topological polar surface area (TPSA) is 176 Å². The molecule has 0 aromatic rings. The van der Waals surface area contributed by atoms with E-state index in [1.165, 1.54) is 0 Å². The third-order valence-corrected chi connectivity index (χ3v) is 12.4. The van der Waals surface area contributed by atoms with Crippen molar-refractivity contribution < 1.29 is 49.2 Å². The summed E-state index contributed by atoms with van der Waals surface area (Å²) in [5.74, 6) is -0.556. The molecule has 0 amide bonds. The standard InChI is InChI=1S/C24H40O5.C5H14NO4P/c1-13(4-7-21(28)29)16-5-6-17-22-18(12-20(27)24(16,17)3)23(2)9-8-15(25)10-14(23)11-19(22)26;1-6(2,3)4-5(7)11(8,9)10/h13-20,22,25-27H,4-12H2,1-3H3,(H,28,29);5,7H,4H2,1-3H3,(H-,8,9,10)/p+1/t13-,14+,15-,16-,17+,18+,19-,20+,22+,23+,24-;/m1./s1. The molecule has 4 fully saturated rings. The van der Waals surface area contributed by atoms with Gasteiger partial charge in [-0.15, -0.1) is 0 Å². The Labute approximate surface area is 239 Å². The van der Waals surface area contributed by atoms with Crippen LogP contribution in [0.2, 0.25) is 0 Å². The monoisotopic (exact) mass is 592 g/mol. The molecule has 0 aromatic heterocycles. The first-order chi connectivity index (χ1) is 18.2. The number of hydrogen-bond donors (Lipinski definition) is 7. The number of aliphatic carboxylic acids is 1.